The number of nitrogens with zero attached hydrogens (tertiary/aromatic N) is 1. The van der Waals surface area contributed by atoms with Crippen LogP contribution in [0.2, 0.25) is 0 Å². The molecule has 3 heteroatoms. The number of benzene rings is 2. The third-order valence-electron chi connectivity index (χ3n) is 5.62. The van der Waals surface area contributed by atoms with E-state index in [1.165, 1.54) is 27.7 Å². The average Bonchev–Trinajstić information content (AvgIpc) is 3.15. The smallest absolute Gasteiger partial charge is 0.226 e. The highest BCUT2D eigenvalue weighted by Gasteiger charge is 2.43. The number of H-pyrrole nitrogens is 1. The van der Waals surface area contributed by atoms with Gasteiger partial charge in [0.05, 0.1) is 6.04 Å². The summed E-state index contributed by atoms with van der Waals surface area (Å²) in [5.41, 5.74) is 5.14. The zero-order valence-electron chi connectivity index (χ0n) is 13.5. The lowest BCUT2D eigenvalue weighted by Gasteiger charge is -2.29. The normalized spacial score (nSPS) is 22.7. The van der Waals surface area contributed by atoms with Gasteiger partial charge in [0.15, 0.2) is 0 Å². The van der Waals surface area contributed by atoms with E-state index < -0.39 is 0 Å². The second-order valence-corrected chi connectivity index (χ2v) is 6.98. The molecule has 0 saturated carbocycles. The van der Waals surface area contributed by atoms with Crippen molar-refractivity contribution in [3.05, 3.63) is 71.4 Å². The fraction of sp³-hybridized carbons (Fsp3) is 0.286. The fourth-order valence-corrected chi connectivity index (χ4v) is 4.50. The lowest BCUT2D eigenvalue weighted by molar-refractivity contribution is -0.132. The molecule has 2 aliphatic rings. The van der Waals surface area contributed by atoms with E-state index in [2.05, 4.69) is 58.4 Å². The van der Waals surface area contributed by atoms with Gasteiger partial charge in [0.25, 0.3) is 0 Å². The average molecular weight is 316 g/mol. The second-order valence-electron chi connectivity index (χ2n) is 6.98. The number of rotatable bonds is 2. The van der Waals surface area contributed by atoms with Crippen molar-refractivity contribution in [1.29, 1.82) is 0 Å². The Labute approximate surface area is 141 Å². The van der Waals surface area contributed by atoms with Gasteiger partial charge >= 0.3 is 0 Å². The Morgan fingerprint density at radius 3 is 2.71 bits per heavy atom. The molecule has 1 aromatic heterocycles. The minimum absolute atomic E-state index is 0.106. The number of para-hydroxylation sites is 1. The standard InChI is InChI=1S/C21H20N2O/c24-21-15(12-14-6-2-1-3-7-14)13-19-20-17(10-11-23(19)21)16-8-4-5-9-18(16)22-20/h1-9,15,19,22H,10-13H2/t15-,19-/m0/s1. The van der Waals surface area contributed by atoms with Crippen LogP contribution in [0.5, 0.6) is 0 Å². The van der Waals surface area contributed by atoms with Crippen molar-refractivity contribution in [2.45, 2.75) is 25.3 Å². The number of carbonyl (C=O) groups is 1. The summed E-state index contributed by atoms with van der Waals surface area (Å²) < 4.78 is 0. The Morgan fingerprint density at radius 2 is 1.83 bits per heavy atom. The molecule has 0 unspecified atom stereocenters. The monoisotopic (exact) mass is 316 g/mol. The summed E-state index contributed by atoms with van der Waals surface area (Å²) in [4.78, 5) is 18.6. The summed E-state index contributed by atoms with van der Waals surface area (Å²) in [5, 5.41) is 1.33. The van der Waals surface area contributed by atoms with E-state index in [0.717, 1.165) is 25.8 Å². The predicted octanol–water partition coefficient (Wildman–Crippen LogP) is 3.86. The van der Waals surface area contributed by atoms with Crippen molar-refractivity contribution in [2.24, 2.45) is 5.92 Å². The van der Waals surface area contributed by atoms with E-state index >= 15 is 0 Å². The minimum atomic E-state index is 0.106. The van der Waals surface area contributed by atoms with Crippen molar-refractivity contribution in [3.8, 4) is 0 Å². The van der Waals surface area contributed by atoms with E-state index in [1.807, 2.05) is 6.07 Å². The van der Waals surface area contributed by atoms with E-state index in [9.17, 15) is 4.79 Å². The van der Waals surface area contributed by atoms with Crippen molar-refractivity contribution in [1.82, 2.24) is 9.88 Å². The lowest BCUT2D eigenvalue weighted by atomic mass is 9.93. The van der Waals surface area contributed by atoms with Gasteiger partial charge in [-0.2, -0.15) is 0 Å². The molecule has 3 heterocycles. The van der Waals surface area contributed by atoms with Crippen LogP contribution in [0.3, 0.4) is 0 Å². The van der Waals surface area contributed by atoms with Crippen molar-refractivity contribution in [2.75, 3.05) is 6.54 Å². The van der Waals surface area contributed by atoms with Crippen LogP contribution in [0.4, 0.5) is 0 Å². The maximum atomic E-state index is 12.9. The molecular formula is C21H20N2O. The van der Waals surface area contributed by atoms with Crippen LogP contribution in [0.15, 0.2) is 54.6 Å². The zero-order chi connectivity index (χ0) is 16.1. The van der Waals surface area contributed by atoms with Gasteiger partial charge in [-0.1, -0.05) is 48.5 Å². The predicted molar refractivity (Wildman–Crippen MR) is 94.7 cm³/mol. The molecule has 1 N–H and O–H groups in total. The van der Waals surface area contributed by atoms with Gasteiger partial charge in [-0.3, -0.25) is 4.79 Å². The van der Waals surface area contributed by atoms with Crippen LogP contribution in [0.1, 0.15) is 29.3 Å². The highest BCUT2D eigenvalue weighted by Crippen LogP contribution is 2.43. The van der Waals surface area contributed by atoms with E-state index in [4.69, 9.17) is 0 Å². The van der Waals surface area contributed by atoms with Crippen molar-refractivity contribution in [3.63, 3.8) is 0 Å². The minimum Gasteiger partial charge on any atom is -0.356 e. The Morgan fingerprint density at radius 1 is 1.04 bits per heavy atom. The molecular weight excluding hydrogens is 296 g/mol. The van der Waals surface area contributed by atoms with Gasteiger partial charge in [0.2, 0.25) is 5.91 Å². The van der Waals surface area contributed by atoms with Gasteiger partial charge in [0, 0.05) is 29.1 Å². The summed E-state index contributed by atoms with van der Waals surface area (Å²) in [5.74, 6) is 0.433. The Balaban J connectivity index is 1.49. The van der Waals surface area contributed by atoms with E-state index in [0.29, 0.717) is 5.91 Å². The number of fused-ring (bicyclic) bond motifs is 5. The quantitative estimate of drug-likeness (QED) is 0.766. The molecule has 3 aromatic rings. The first-order chi connectivity index (χ1) is 11.8. The third kappa shape index (κ3) is 2.01. The number of amides is 1. The van der Waals surface area contributed by atoms with Gasteiger partial charge in [-0.25, -0.2) is 0 Å². The van der Waals surface area contributed by atoms with Crippen LogP contribution in [0.25, 0.3) is 10.9 Å². The Bertz CT molecular complexity index is 912. The number of hydrogen-bond acceptors (Lipinski definition) is 1. The number of aromatic amines is 1. The van der Waals surface area contributed by atoms with Crippen LogP contribution in [-0.4, -0.2) is 22.3 Å². The summed E-state index contributed by atoms with van der Waals surface area (Å²) in [6.45, 7) is 0.851. The molecule has 3 nitrogen and oxygen atoms in total. The van der Waals surface area contributed by atoms with Gasteiger partial charge in [-0.05, 0) is 36.5 Å². The van der Waals surface area contributed by atoms with Gasteiger partial charge < -0.3 is 9.88 Å². The van der Waals surface area contributed by atoms with Crippen LogP contribution < -0.4 is 0 Å². The largest absolute Gasteiger partial charge is 0.356 e. The first-order valence-corrected chi connectivity index (χ1v) is 8.75. The Hall–Kier alpha value is -2.55. The molecule has 120 valence electrons. The van der Waals surface area contributed by atoms with Gasteiger partial charge in [0.1, 0.15) is 0 Å². The molecule has 1 fully saturated rings. The molecule has 2 aromatic carbocycles. The molecule has 0 aliphatic carbocycles. The third-order valence-corrected chi connectivity index (χ3v) is 5.62. The van der Waals surface area contributed by atoms with Crippen molar-refractivity contribution >= 4 is 16.8 Å². The molecule has 2 aliphatic heterocycles. The SMILES string of the molecule is O=C1[C@@H](Cc2ccccc2)C[C@H]2c3[nH]c4ccccc4c3CCN12. The van der Waals surface area contributed by atoms with Crippen LogP contribution in [-0.2, 0) is 17.6 Å². The van der Waals surface area contributed by atoms with Gasteiger partial charge in [-0.15, -0.1) is 0 Å². The first-order valence-electron chi connectivity index (χ1n) is 8.75. The molecule has 5 rings (SSSR count). The van der Waals surface area contributed by atoms with Crippen LogP contribution in [0, 0.1) is 5.92 Å². The number of aromatic nitrogens is 1. The number of nitrogens with one attached hydrogen (secondary N) is 1. The molecule has 0 bridgehead atoms. The summed E-state index contributed by atoms with van der Waals surface area (Å²) >= 11 is 0. The van der Waals surface area contributed by atoms with Crippen molar-refractivity contribution < 1.29 is 4.79 Å². The fourth-order valence-electron chi connectivity index (χ4n) is 4.50. The number of carbonyl (C=O) groups excluding carboxylic acids is 1. The second kappa shape index (κ2) is 5.23. The summed E-state index contributed by atoms with van der Waals surface area (Å²) in [6.07, 6.45) is 2.73. The molecule has 2 atom stereocenters. The number of hydrogen-bond donors (Lipinski definition) is 1. The highest BCUT2D eigenvalue weighted by atomic mass is 16.2. The molecule has 0 radical (unpaired) electrons. The topological polar surface area (TPSA) is 36.1 Å². The van der Waals surface area contributed by atoms with Crippen LogP contribution >= 0.6 is 0 Å². The molecule has 1 amide bonds. The Kier molecular flexibility index (Phi) is 3.02. The molecule has 0 spiro atoms. The van der Waals surface area contributed by atoms with E-state index in [-0.39, 0.29) is 12.0 Å². The molecule has 24 heavy (non-hydrogen) atoms. The maximum Gasteiger partial charge on any atom is 0.226 e. The summed E-state index contributed by atoms with van der Waals surface area (Å²) in [6, 6.07) is 19.1. The zero-order valence-corrected chi connectivity index (χ0v) is 13.5. The lowest BCUT2D eigenvalue weighted by Crippen LogP contribution is -2.35. The first kappa shape index (κ1) is 13.8. The highest BCUT2D eigenvalue weighted by molar-refractivity contribution is 5.87. The maximum absolute atomic E-state index is 12.9. The summed E-state index contributed by atoms with van der Waals surface area (Å²) in [7, 11) is 0. The van der Waals surface area contributed by atoms with E-state index in [1.54, 1.807) is 0 Å². The molecule has 1 saturated heterocycles.